The van der Waals surface area contributed by atoms with Gasteiger partial charge in [0.1, 0.15) is 0 Å². The normalized spacial score (nSPS) is 12.1. The molecule has 0 heterocycles. The van der Waals surface area contributed by atoms with Crippen LogP contribution < -0.4 is 5.43 Å². The fraction of sp³-hybridized carbons (Fsp3) is 0.125. The molecule has 0 fully saturated rings. The van der Waals surface area contributed by atoms with Gasteiger partial charge < -0.3 is 4.74 Å². The summed E-state index contributed by atoms with van der Waals surface area (Å²) < 4.78 is 5.17. The van der Waals surface area contributed by atoms with Gasteiger partial charge in [0.2, 0.25) is 0 Å². The maximum Gasteiger partial charge on any atom is 0.278 e. The number of ether oxygens (including phenoxy) is 1. The maximum absolute atomic E-state index is 12.1. The Morgan fingerprint density at radius 1 is 1.33 bits per heavy atom. The molecule has 0 aliphatic carbocycles. The lowest BCUT2D eigenvalue weighted by Gasteiger charge is -2.13. The van der Waals surface area contributed by atoms with E-state index in [2.05, 4.69) is 10.5 Å². The van der Waals surface area contributed by atoms with Gasteiger partial charge in [0.25, 0.3) is 11.6 Å². The largest absolute Gasteiger partial charge is 0.367 e. The van der Waals surface area contributed by atoms with E-state index in [-0.39, 0.29) is 11.3 Å². The summed E-state index contributed by atoms with van der Waals surface area (Å²) in [5.41, 5.74) is 2.99. The molecule has 8 heteroatoms. The number of benzene rings is 2. The van der Waals surface area contributed by atoms with Crippen LogP contribution in [0, 0.1) is 10.1 Å². The Morgan fingerprint density at radius 3 is 2.67 bits per heavy atom. The van der Waals surface area contributed by atoms with Gasteiger partial charge in [-0.3, -0.25) is 14.9 Å². The Bertz CT molecular complexity index is 765. The average molecular weight is 348 g/mol. The van der Waals surface area contributed by atoms with E-state index in [0.29, 0.717) is 10.6 Å². The second-order valence-corrected chi connectivity index (χ2v) is 5.16. The summed E-state index contributed by atoms with van der Waals surface area (Å²) in [4.78, 5) is 22.5. The minimum Gasteiger partial charge on any atom is -0.367 e. The van der Waals surface area contributed by atoms with Crippen molar-refractivity contribution in [3.8, 4) is 0 Å². The third-order valence-corrected chi connectivity index (χ3v) is 3.38. The van der Waals surface area contributed by atoms with Gasteiger partial charge in [0.05, 0.1) is 16.7 Å². The molecule has 0 saturated carbocycles. The van der Waals surface area contributed by atoms with E-state index >= 15 is 0 Å². The quantitative estimate of drug-likeness (QED) is 0.493. The molecule has 0 aliphatic rings. The molecule has 1 atom stereocenters. The minimum absolute atomic E-state index is 0.163. The van der Waals surface area contributed by atoms with Gasteiger partial charge in [-0.05, 0) is 17.7 Å². The number of amides is 1. The minimum atomic E-state index is -0.835. The molecule has 24 heavy (non-hydrogen) atoms. The zero-order chi connectivity index (χ0) is 17.5. The van der Waals surface area contributed by atoms with Crippen LogP contribution in [0.2, 0.25) is 5.02 Å². The number of hydrogen-bond donors (Lipinski definition) is 1. The summed E-state index contributed by atoms with van der Waals surface area (Å²) in [5.74, 6) is -0.496. The highest BCUT2D eigenvalue weighted by molar-refractivity contribution is 6.31. The number of carbonyl (C=O) groups is 1. The third kappa shape index (κ3) is 4.37. The van der Waals surface area contributed by atoms with Gasteiger partial charge in [-0.15, -0.1) is 0 Å². The topological polar surface area (TPSA) is 93.8 Å². The molecule has 0 aromatic heterocycles. The molecule has 0 bridgehead atoms. The number of nitrogens with zero attached hydrogens (tertiary/aromatic N) is 2. The van der Waals surface area contributed by atoms with Crippen LogP contribution in [0.5, 0.6) is 0 Å². The van der Waals surface area contributed by atoms with Crippen molar-refractivity contribution in [3.63, 3.8) is 0 Å². The van der Waals surface area contributed by atoms with E-state index in [1.165, 1.54) is 31.5 Å². The number of rotatable bonds is 6. The van der Waals surface area contributed by atoms with Crippen LogP contribution in [0.4, 0.5) is 5.69 Å². The first-order valence-corrected chi connectivity index (χ1v) is 7.25. The summed E-state index contributed by atoms with van der Waals surface area (Å²) in [6.45, 7) is 0. The zero-order valence-corrected chi connectivity index (χ0v) is 13.4. The lowest BCUT2D eigenvalue weighted by molar-refractivity contribution is -0.385. The van der Waals surface area contributed by atoms with Crippen LogP contribution in [0.1, 0.15) is 17.2 Å². The second kappa shape index (κ2) is 8.19. The molecule has 1 unspecified atom stereocenters. The van der Waals surface area contributed by atoms with Crippen molar-refractivity contribution in [3.05, 3.63) is 74.8 Å². The Kier molecular flexibility index (Phi) is 6.00. The van der Waals surface area contributed by atoms with Crippen molar-refractivity contribution in [1.82, 2.24) is 5.43 Å². The van der Waals surface area contributed by atoms with Crippen molar-refractivity contribution < 1.29 is 14.5 Å². The highest BCUT2D eigenvalue weighted by Crippen LogP contribution is 2.21. The fourth-order valence-corrected chi connectivity index (χ4v) is 2.22. The van der Waals surface area contributed by atoms with Crippen LogP contribution >= 0.6 is 11.6 Å². The summed E-state index contributed by atoms with van der Waals surface area (Å²) >= 11 is 5.82. The van der Waals surface area contributed by atoms with Gasteiger partial charge in [-0.1, -0.05) is 41.9 Å². The SMILES string of the molecule is COC(C(=O)N/N=C/c1cc(Cl)ccc1[N+](=O)[O-])c1ccccc1. The highest BCUT2D eigenvalue weighted by Gasteiger charge is 2.19. The number of nitro benzene ring substituents is 1. The molecule has 1 N–H and O–H groups in total. The number of nitro groups is 1. The molecule has 2 aromatic rings. The number of hydrogen-bond acceptors (Lipinski definition) is 5. The van der Waals surface area contributed by atoms with Crippen molar-refractivity contribution in [2.24, 2.45) is 5.10 Å². The predicted octanol–water partition coefficient (Wildman–Crippen LogP) is 3.09. The van der Waals surface area contributed by atoms with Crippen molar-refractivity contribution in [2.75, 3.05) is 7.11 Å². The zero-order valence-electron chi connectivity index (χ0n) is 12.7. The summed E-state index contributed by atoms with van der Waals surface area (Å²) in [7, 11) is 1.41. The number of halogens is 1. The van der Waals surface area contributed by atoms with Gasteiger partial charge in [-0.25, -0.2) is 5.43 Å². The van der Waals surface area contributed by atoms with E-state index in [9.17, 15) is 14.9 Å². The first-order valence-electron chi connectivity index (χ1n) is 6.87. The van der Waals surface area contributed by atoms with E-state index < -0.39 is 16.9 Å². The monoisotopic (exact) mass is 347 g/mol. The number of methoxy groups -OCH3 is 1. The maximum atomic E-state index is 12.1. The Labute approximate surface area is 143 Å². The smallest absolute Gasteiger partial charge is 0.278 e. The summed E-state index contributed by atoms with van der Waals surface area (Å²) in [6, 6.07) is 13.0. The van der Waals surface area contributed by atoms with E-state index in [1.54, 1.807) is 24.3 Å². The Hall–Kier alpha value is -2.77. The van der Waals surface area contributed by atoms with Crippen LogP contribution in [-0.4, -0.2) is 24.2 Å². The van der Waals surface area contributed by atoms with Gasteiger partial charge in [0.15, 0.2) is 6.10 Å². The molecule has 2 aromatic carbocycles. The average Bonchev–Trinajstić information content (AvgIpc) is 2.56. The molecule has 2 rings (SSSR count). The van der Waals surface area contributed by atoms with E-state index in [1.807, 2.05) is 6.07 Å². The molecule has 1 amide bonds. The number of nitrogens with one attached hydrogen (secondary N) is 1. The Morgan fingerprint density at radius 2 is 2.04 bits per heavy atom. The standard InChI is InChI=1S/C16H14ClN3O4/c1-24-15(11-5-3-2-4-6-11)16(21)19-18-10-12-9-13(17)7-8-14(12)20(22)23/h2-10,15H,1H3,(H,19,21)/b18-10+. The van der Waals surface area contributed by atoms with Crippen LogP contribution in [0.15, 0.2) is 53.6 Å². The second-order valence-electron chi connectivity index (χ2n) is 4.72. The lowest BCUT2D eigenvalue weighted by Crippen LogP contribution is -2.26. The molecule has 124 valence electrons. The molecular formula is C16H14ClN3O4. The molecule has 0 saturated heterocycles. The lowest BCUT2D eigenvalue weighted by atomic mass is 10.1. The molecule has 0 aliphatic heterocycles. The van der Waals surface area contributed by atoms with Gasteiger partial charge >= 0.3 is 0 Å². The molecule has 0 radical (unpaired) electrons. The molecule has 0 spiro atoms. The molecule has 7 nitrogen and oxygen atoms in total. The third-order valence-electron chi connectivity index (χ3n) is 3.14. The fourth-order valence-electron chi connectivity index (χ4n) is 2.04. The first kappa shape index (κ1) is 17.6. The summed E-state index contributed by atoms with van der Waals surface area (Å²) in [5, 5.41) is 15.0. The van der Waals surface area contributed by atoms with Crippen LogP contribution in [-0.2, 0) is 9.53 Å². The van der Waals surface area contributed by atoms with Crippen molar-refractivity contribution >= 4 is 29.4 Å². The van der Waals surface area contributed by atoms with Crippen LogP contribution in [0.3, 0.4) is 0 Å². The van der Waals surface area contributed by atoms with Gasteiger partial charge in [0, 0.05) is 18.2 Å². The number of carbonyl (C=O) groups excluding carboxylic acids is 1. The van der Waals surface area contributed by atoms with Crippen LogP contribution in [0.25, 0.3) is 0 Å². The van der Waals surface area contributed by atoms with E-state index in [0.717, 1.165) is 0 Å². The van der Waals surface area contributed by atoms with Crippen molar-refractivity contribution in [2.45, 2.75) is 6.10 Å². The van der Waals surface area contributed by atoms with Gasteiger partial charge in [-0.2, -0.15) is 5.10 Å². The Balaban J connectivity index is 2.12. The summed E-state index contributed by atoms with van der Waals surface area (Å²) in [6.07, 6.45) is 0.331. The predicted molar refractivity (Wildman–Crippen MR) is 90.0 cm³/mol. The van der Waals surface area contributed by atoms with E-state index in [4.69, 9.17) is 16.3 Å². The molecular weight excluding hydrogens is 334 g/mol. The highest BCUT2D eigenvalue weighted by atomic mass is 35.5. The first-order chi connectivity index (χ1) is 11.5. The number of hydrazone groups is 1. The van der Waals surface area contributed by atoms with Crippen molar-refractivity contribution in [1.29, 1.82) is 0 Å².